The summed E-state index contributed by atoms with van der Waals surface area (Å²) in [5, 5.41) is 2.75. The van der Waals surface area contributed by atoms with Gasteiger partial charge in [0.15, 0.2) is 0 Å². The summed E-state index contributed by atoms with van der Waals surface area (Å²) in [5.41, 5.74) is -0.250. The number of rotatable bonds is 4. The van der Waals surface area contributed by atoms with E-state index >= 15 is 0 Å². The fraction of sp³-hybridized carbons (Fsp3) is 0.600. The van der Waals surface area contributed by atoms with Crippen LogP contribution in [0.3, 0.4) is 0 Å². The number of hydrogen-bond donors (Lipinski definition) is 1. The highest BCUT2D eigenvalue weighted by Gasteiger charge is 2.13. The summed E-state index contributed by atoms with van der Waals surface area (Å²) in [7, 11) is 0. The highest BCUT2D eigenvalue weighted by Crippen LogP contribution is 1.99. The molecule has 0 saturated heterocycles. The van der Waals surface area contributed by atoms with Crippen LogP contribution in [-0.4, -0.2) is 24.0 Å². The zero-order valence-corrected chi connectivity index (χ0v) is 8.92. The molecule has 0 bridgehead atoms. The molecule has 1 amide bonds. The van der Waals surface area contributed by atoms with Gasteiger partial charge in [0, 0.05) is 11.6 Å². The standard InChI is InChI=1S/C10H17NO3/c1-5-9(13)14-7-6-8(12)11-10(2,3)4/h5H,1,6-7H2,2-4H3,(H,11,12). The van der Waals surface area contributed by atoms with E-state index in [1.54, 1.807) is 0 Å². The molecule has 0 unspecified atom stereocenters. The van der Waals surface area contributed by atoms with Crippen LogP contribution in [0, 0.1) is 0 Å². The van der Waals surface area contributed by atoms with Crippen LogP contribution in [0.2, 0.25) is 0 Å². The van der Waals surface area contributed by atoms with E-state index in [4.69, 9.17) is 0 Å². The van der Waals surface area contributed by atoms with Crippen LogP contribution in [0.5, 0.6) is 0 Å². The molecule has 4 nitrogen and oxygen atoms in total. The number of ether oxygens (including phenoxy) is 1. The molecule has 0 radical (unpaired) electrons. The lowest BCUT2D eigenvalue weighted by molar-refractivity contribution is -0.138. The minimum Gasteiger partial charge on any atom is -0.462 e. The van der Waals surface area contributed by atoms with Gasteiger partial charge in [0.1, 0.15) is 6.61 Å². The Morgan fingerprint density at radius 2 is 2.00 bits per heavy atom. The number of esters is 1. The number of carbonyl (C=O) groups excluding carboxylic acids is 2. The fourth-order valence-corrected chi connectivity index (χ4v) is 0.784. The Morgan fingerprint density at radius 1 is 1.43 bits per heavy atom. The van der Waals surface area contributed by atoms with Crippen LogP contribution < -0.4 is 5.32 Å². The van der Waals surface area contributed by atoms with Gasteiger partial charge in [-0.3, -0.25) is 4.79 Å². The van der Waals surface area contributed by atoms with Gasteiger partial charge in [-0.25, -0.2) is 4.79 Å². The summed E-state index contributed by atoms with van der Waals surface area (Å²) in [4.78, 5) is 21.8. The minimum atomic E-state index is -0.506. The summed E-state index contributed by atoms with van der Waals surface area (Å²) < 4.78 is 4.66. The number of nitrogens with one attached hydrogen (secondary N) is 1. The molecule has 1 N–H and O–H groups in total. The van der Waals surface area contributed by atoms with Crippen LogP contribution in [-0.2, 0) is 14.3 Å². The van der Waals surface area contributed by atoms with E-state index in [1.807, 2.05) is 20.8 Å². The smallest absolute Gasteiger partial charge is 0.330 e. The van der Waals surface area contributed by atoms with E-state index in [9.17, 15) is 9.59 Å². The van der Waals surface area contributed by atoms with Crippen LogP contribution in [0.1, 0.15) is 27.2 Å². The maximum atomic E-state index is 11.2. The van der Waals surface area contributed by atoms with Crippen molar-refractivity contribution in [2.75, 3.05) is 6.61 Å². The lowest BCUT2D eigenvalue weighted by Crippen LogP contribution is -2.40. The highest BCUT2D eigenvalue weighted by molar-refractivity contribution is 5.82. The maximum absolute atomic E-state index is 11.2. The largest absolute Gasteiger partial charge is 0.462 e. The molecule has 0 heterocycles. The molecule has 0 saturated carbocycles. The average Bonchev–Trinajstić information content (AvgIpc) is 2.00. The van der Waals surface area contributed by atoms with Gasteiger partial charge in [-0.2, -0.15) is 0 Å². The van der Waals surface area contributed by atoms with Crippen molar-refractivity contribution >= 4 is 11.9 Å². The summed E-state index contributed by atoms with van der Waals surface area (Å²) in [5.74, 6) is -0.636. The van der Waals surface area contributed by atoms with Gasteiger partial charge in [-0.15, -0.1) is 0 Å². The zero-order chi connectivity index (χ0) is 11.2. The lowest BCUT2D eigenvalue weighted by atomic mass is 10.1. The van der Waals surface area contributed by atoms with Crippen molar-refractivity contribution < 1.29 is 14.3 Å². The highest BCUT2D eigenvalue weighted by atomic mass is 16.5. The molecular weight excluding hydrogens is 182 g/mol. The summed E-state index contributed by atoms with van der Waals surface area (Å²) in [6, 6.07) is 0. The normalized spacial score (nSPS) is 10.5. The van der Waals surface area contributed by atoms with Gasteiger partial charge in [0.2, 0.25) is 5.91 Å². The fourth-order valence-electron chi connectivity index (χ4n) is 0.784. The number of carbonyl (C=O) groups is 2. The van der Waals surface area contributed by atoms with Gasteiger partial charge in [0.25, 0.3) is 0 Å². The molecule has 0 aliphatic carbocycles. The van der Waals surface area contributed by atoms with Crippen molar-refractivity contribution in [3.8, 4) is 0 Å². The second kappa shape index (κ2) is 5.42. The maximum Gasteiger partial charge on any atom is 0.330 e. The molecule has 14 heavy (non-hydrogen) atoms. The van der Waals surface area contributed by atoms with E-state index in [-0.39, 0.29) is 24.5 Å². The molecule has 0 atom stereocenters. The van der Waals surface area contributed by atoms with Gasteiger partial charge < -0.3 is 10.1 Å². The first-order chi connectivity index (χ1) is 6.35. The molecule has 0 aromatic heterocycles. The Morgan fingerprint density at radius 3 is 2.43 bits per heavy atom. The van der Waals surface area contributed by atoms with Crippen LogP contribution in [0.4, 0.5) is 0 Å². The molecule has 0 aromatic rings. The minimum absolute atomic E-state index is 0.0900. The number of hydrogen-bond acceptors (Lipinski definition) is 3. The Bertz CT molecular complexity index is 228. The molecule has 0 aromatic carbocycles. The van der Waals surface area contributed by atoms with Crippen LogP contribution in [0.15, 0.2) is 12.7 Å². The molecule has 0 aliphatic heterocycles. The van der Waals surface area contributed by atoms with Crippen molar-refractivity contribution in [3.05, 3.63) is 12.7 Å². The van der Waals surface area contributed by atoms with Crippen molar-refractivity contribution in [2.24, 2.45) is 0 Å². The second-order valence-electron chi connectivity index (χ2n) is 3.92. The first-order valence-corrected chi connectivity index (χ1v) is 4.45. The third-order valence-electron chi connectivity index (χ3n) is 1.25. The van der Waals surface area contributed by atoms with Crippen molar-refractivity contribution in [1.82, 2.24) is 5.32 Å². The number of amides is 1. The third kappa shape index (κ3) is 7.34. The summed E-state index contributed by atoms with van der Waals surface area (Å²) in [6.07, 6.45) is 1.25. The van der Waals surface area contributed by atoms with Gasteiger partial charge in [-0.05, 0) is 20.8 Å². The molecule has 0 aliphatic rings. The first-order valence-electron chi connectivity index (χ1n) is 4.45. The van der Waals surface area contributed by atoms with Crippen LogP contribution >= 0.6 is 0 Å². The van der Waals surface area contributed by atoms with Crippen LogP contribution in [0.25, 0.3) is 0 Å². The SMILES string of the molecule is C=CC(=O)OCCC(=O)NC(C)(C)C. The predicted molar refractivity (Wildman–Crippen MR) is 53.7 cm³/mol. The summed E-state index contributed by atoms with van der Waals surface area (Å²) >= 11 is 0. The Labute approximate surface area is 84.3 Å². The monoisotopic (exact) mass is 199 g/mol. The average molecular weight is 199 g/mol. The Balaban J connectivity index is 3.65. The topological polar surface area (TPSA) is 55.4 Å². The van der Waals surface area contributed by atoms with Crippen molar-refractivity contribution in [1.29, 1.82) is 0 Å². The van der Waals surface area contributed by atoms with Gasteiger partial charge >= 0.3 is 5.97 Å². The van der Waals surface area contributed by atoms with E-state index in [0.29, 0.717) is 0 Å². The van der Waals surface area contributed by atoms with Crippen molar-refractivity contribution in [2.45, 2.75) is 32.7 Å². The Hall–Kier alpha value is -1.32. The first kappa shape index (κ1) is 12.7. The predicted octanol–water partition coefficient (Wildman–Crippen LogP) is 1.02. The molecule has 0 rings (SSSR count). The zero-order valence-electron chi connectivity index (χ0n) is 8.92. The van der Waals surface area contributed by atoms with E-state index < -0.39 is 5.97 Å². The second-order valence-corrected chi connectivity index (χ2v) is 3.92. The summed E-state index contributed by atoms with van der Waals surface area (Å²) in [6.45, 7) is 9.00. The van der Waals surface area contributed by atoms with E-state index in [2.05, 4.69) is 16.6 Å². The third-order valence-corrected chi connectivity index (χ3v) is 1.25. The Kier molecular flexibility index (Phi) is 4.91. The lowest BCUT2D eigenvalue weighted by Gasteiger charge is -2.20. The van der Waals surface area contributed by atoms with E-state index in [0.717, 1.165) is 6.08 Å². The molecule has 0 spiro atoms. The van der Waals surface area contributed by atoms with Gasteiger partial charge in [-0.1, -0.05) is 6.58 Å². The van der Waals surface area contributed by atoms with Gasteiger partial charge in [0.05, 0.1) is 6.42 Å². The quantitative estimate of drug-likeness (QED) is 0.543. The molecular formula is C10H17NO3. The van der Waals surface area contributed by atoms with Crippen molar-refractivity contribution in [3.63, 3.8) is 0 Å². The van der Waals surface area contributed by atoms with E-state index in [1.165, 1.54) is 0 Å². The molecule has 4 heteroatoms. The molecule has 80 valence electrons. The molecule has 0 fully saturated rings.